The van der Waals surface area contributed by atoms with Crippen LogP contribution in [0, 0.1) is 5.82 Å². The van der Waals surface area contributed by atoms with Gasteiger partial charge in [-0.1, -0.05) is 34.8 Å². The Labute approximate surface area is 192 Å². The molecule has 0 atom stereocenters. The molecule has 11 heteroatoms. The number of nitrogens with zero attached hydrogens (tertiary/aromatic N) is 3. The van der Waals surface area contributed by atoms with Gasteiger partial charge in [-0.15, -0.1) is 11.3 Å². The van der Waals surface area contributed by atoms with Gasteiger partial charge in [0.2, 0.25) is 10.0 Å². The maximum atomic E-state index is 13.6. The van der Waals surface area contributed by atoms with E-state index < -0.39 is 15.8 Å². The first kappa shape index (κ1) is 21.8. The third kappa shape index (κ3) is 4.44. The fourth-order valence-electron chi connectivity index (χ4n) is 3.18. The molecule has 3 aromatic rings. The Morgan fingerprint density at radius 3 is 2.40 bits per heavy atom. The van der Waals surface area contributed by atoms with Crippen molar-refractivity contribution in [2.75, 3.05) is 31.1 Å². The molecule has 158 valence electrons. The molecule has 0 saturated carbocycles. The molecule has 1 fully saturated rings. The van der Waals surface area contributed by atoms with Crippen molar-refractivity contribution in [1.82, 2.24) is 9.29 Å². The highest BCUT2D eigenvalue weighted by molar-refractivity contribution is 7.89. The summed E-state index contributed by atoms with van der Waals surface area (Å²) in [5, 5.41) is 3.32. The van der Waals surface area contributed by atoms with Crippen molar-refractivity contribution in [3.8, 4) is 11.3 Å². The van der Waals surface area contributed by atoms with Crippen LogP contribution >= 0.6 is 46.1 Å². The summed E-state index contributed by atoms with van der Waals surface area (Å²) in [6.07, 6.45) is 0. The monoisotopic (exact) mass is 505 g/mol. The number of hydrogen-bond acceptors (Lipinski definition) is 5. The van der Waals surface area contributed by atoms with E-state index in [2.05, 4.69) is 4.98 Å². The minimum absolute atomic E-state index is 0.00429. The van der Waals surface area contributed by atoms with Crippen LogP contribution in [-0.2, 0) is 10.0 Å². The molecule has 1 aliphatic heterocycles. The van der Waals surface area contributed by atoms with Crippen LogP contribution in [0.1, 0.15) is 0 Å². The minimum atomic E-state index is -3.75. The van der Waals surface area contributed by atoms with Crippen LogP contribution in [0.15, 0.2) is 46.7 Å². The highest BCUT2D eigenvalue weighted by Crippen LogP contribution is 2.32. The van der Waals surface area contributed by atoms with Crippen LogP contribution in [-0.4, -0.2) is 43.9 Å². The Bertz CT molecular complexity index is 1180. The van der Waals surface area contributed by atoms with Gasteiger partial charge in [0.15, 0.2) is 5.13 Å². The fourth-order valence-corrected chi connectivity index (χ4v) is 6.45. The van der Waals surface area contributed by atoms with Gasteiger partial charge in [-0.05, 0) is 36.4 Å². The quantitative estimate of drug-likeness (QED) is 0.474. The molecule has 1 saturated heterocycles. The van der Waals surface area contributed by atoms with Gasteiger partial charge >= 0.3 is 0 Å². The SMILES string of the molecule is O=S(=O)(c1cc(Cl)ccc1Cl)N1CCN(c2nc(-c3cc(F)cc(Cl)c3)cs2)CC1. The molecule has 0 spiro atoms. The molecule has 0 radical (unpaired) electrons. The van der Waals surface area contributed by atoms with Crippen molar-refractivity contribution in [3.05, 3.63) is 62.7 Å². The molecule has 5 nitrogen and oxygen atoms in total. The maximum absolute atomic E-state index is 13.6. The van der Waals surface area contributed by atoms with E-state index in [0.717, 1.165) is 5.13 Å². The van der Waals surface area contributed by atoms with Crippen molar-refractivity contribution >= 4 is 61.3 Å². The maximum Gasteiger partial charge on any atom is 0.244 e. The van der Waals surface area contributed by atoms with E-state index in [1.807, 2.05) is 10.3 Å². The van der Waals surface area contributed by atoms with Crippen LogP contribution in [0.25, 0.3) is 11.3 Å². The number of halogens is 4. The number of benzene rings is 2. The summed E-state index contributed by atoms with van der Waals surface area (Å²) in [4.78, 5) is 6.58. The predicted molar refractivity (Wildman–Crippen MR) is 120 cm³/mol. The topological polar surface area (TPSA) is 53.5 Å². The lowest BCUT2D eigenvalue weighted by Gasteiger charge is -2.34. The number of aromatic nitrogens is 1. The molecule has 0 amide bonds. The molecule has 0 unspecified atom stereocenters. The van der Waals surface area contributed by atoms with E-state index >= 15 is 0 Å². The molecule has 2 aromatic carbocycles. The number of rotatable bonds is 4. The zero-order valence-electron chi connectivity index (χ0n) is 15.4. The van der Waals surface area contributed by atoms with E-state index in [1.165, 1.54) is 39.9 Å². The summed E-state index contributed by atoms with van der Waals surface area (Å²) in [7, 11) is -3.75. The molecule has 1 aliphatic rings. The zero-order valence-corrected chi connectivity index (χ0v) is 19.3. The zero-order chi connectivity index (χ0) is 21.5. The fraction of sp³-hybridized carbons (Fsp3) is 0.211. The summed E-state index contributed by atoms with van der Waals surface area (Å²) in [5.74, 6) is -0.425. The standard InChI is InChI=1S/C19H15Cl3FN3O2S2/c20-13-1-2-16(22)18(10-13)30(27,28)26-5-3-25(4-6-26)19-24-17(11-29-19)12-7-14(21)9-15(23)8-12/h1-2,7-11H,3-6H2. The average Bonchev–Trinajstić information content (AvgIpc) is 3.19. The van der Waals surface area contributed by atoms with Crippen LogP contribution in [0.2, 0.25) is 15.1 Å². The Kier molecular flexibility index (Phi) is 6.25. The number of thiazole rings is 1. The van der Waals surface area contributed by atoms with Crippen molar-refractivity contribution in [2.45, 2.75) is 4.90 Å². The van der Waals surface area contributed by atoms with Gasteiger partial charge in [0.25, 0.3) is 0 Å². The second kappa shape index (κ2) is 8.61. The molecule has 0 N–H and O–H groups in total. The van der Waals surface area contributed by atoms with Gasteiger partial charge in [-0.25, -0.2) is 17.8 Å². The first-order valence-electron chi connectivity index (χ1n) is 8.86. The minimum Gasteiger partial charge on any atom is -0.345 e. The Morgan fingerprint density at radius 2 is 1.70 bits per heavy atom. The summed E-state index contributed by atoms with van der Waals surface area (Å²) in [6.45, 7) is 1.50. The van der Waals surface area contributed by atoms with Gasteiger partial charge in [0, 0.05) is 47.2 Å². The Morgan fingerprint density at radius 1 is 0.967 bits per heavy atom. The summed E-state index contributed by atoms with van der Waals surface area (Å²) < 4.78 is 40.9. The summed E-state index contributed by atoms with van der Waals surface area (Å²) >= 11 is 19.4. The number of hydrogen-bond donors (Lipinski definition) is 0. The van der Waals surface area contributed by atoms with Crippen molar-refractivity contribution in [3.63, 3.8) is 0 Å². The number of piperazine rings is 1. The van der Waals surface area contributed by atoms with Crippen LogP contribution < -0.4 is 4.90 Å². The lowest BCUT2D eigenvalue weighted by Crippen LogP contribution is -2.48. The van der Waals surface area contributed by atoms with Gasteiger partial charge in [0.05, 0.1) is 10.7 Å². The number of sulfonamides is 1. The average molecular weight is 507 g/mol. The normalized spacial score (nSPS) is 15.5. The van der Waals surface area contributed by atoms with Crippen LogP contribution in [0.4, 0.5) is 9.52 Å². The van der Waals surface area contributed by atoms with Crippen LogP contribution in [0.3, 0.4) is 0 Å². The second-order valence-corrected chi connectivity index (χ2v) is 10.7. The van der Waals surface area contributed by atoms with Crippen molar-refractivity contribution < 1.29 is 12.8 Å². The van der Waals surface area contributed by atoms with Crippen molar-refractivity contribution in [2.24, 2.45) is 0 Å². The molecular weight excluding hydrogens is 492 g/mol. The molecule has 30 heavy (non-hydrogen) atoms. The number of anilines is 1. The van der Waals surface area contributed by atoms with E-state index in [1.54, 1.807) is 12.1 Å². The molecule has 0 bridgehead atoms. The van der Waals surface area contributed by atoms with Crippen LogP contribution in [0.5, 0.6) is 0 Å². The first-order valence-corrected chi connectivity index (χ1v) is 12.3. The van der Waals surface area contributed by atoms with Gasteiger partial charge in [-0.2, -0.15) is 4.31 Å². The first-order chi connectivity index (χ1) is 14.2. The molecule has 4 rings (SSSR count). The second-order valence-electron chi connectivity index (χ2n) is 6.64. The highest BCUT2D eigenvalue weighted by Gasteiger charge is 2.31. The molecule has 0 aliphatic carbocycles. The van der Waals surface area contributed by atoms with E-state index in [9.17, 15) is 12.8 Å². The lowest BCUT2D eigenvalue weighted by molar-refractivity contribution is 0.385. The Hall–Kier alpha value is -1.42. The van der Waals surface area contributed by atoms with Gasteiger partial charge < -0.3 is 4.90 Å². The molecule has 2 heterocycles. The van der Waals surface area contributed by atoms with E-state index in [4.69, 9.17) is 34.8 Å². The summed E-state index contributed by atoms with van der Waals surface area (Å²) in [6, 6.07) is 8.66. The third-order valence-corrected chi connectivity index (χ3v) is 8.41. The predicted octanol–water partition coefficient (Wildman–Crippen LogP) is 5.42. The lowest BCUT2D eigenvalue weighted by atomic mass is 10.2. The largest absolute Gasteiger partial charge is 0.345 e. The molecule has 1 aromatic heterocycles. The third-order valence-electron chi connectivity index (χ3n) is 4.67. The summed E-state index contributed by atoms with van der Waals surface area (Å²) in [5.41, 5.74) is 1.22. The van der Waals surface area contributed by atoms with Gasteiger partial charge in [0.1, 0.15) is 10.7 Å². The molecular formula is C19H15Cl3FN3O2S2. The van der Waals surface area contributed by atoms with Gasteiger partial charge in [-0.3, -0.25) is 0 Å². The van der Waals surface area contributed by atoms with E-state index in [-0.39, 0.29) is 23.0 Å². The van der Waals surface area contributed by atoms with Crippen molar-refractivity contribution in [1.29, 1.82) is 0 Å². The van der Waals surface area contributed by atoms with E-state index in [0.29, 0.717) is 34.4 Å². The highest BCUT2D eigenvalue weighted by atomic mass is 35.5. The Balaban J connectivity index is 1.49. The smallest absolute Gasteiger partial charge is 0.244 e.